The molecule has 1 aromatic carbocycles. The lowest BCUT2D eigenvalue weighted by molar-refractivity contribution is 0.277. The van der Waals surface area contributed by atoms with Gasteiger partial charge in [0.2, 0.25) is 0 Å². The van der Waals surface area contributed by atoms with Gasteiger partial charge in [-0.25, -0.2) is 4.68 Å². The van der Waals surface area contributed by atoms with Crippen LogP contribution in [0.15, 0.2) is 18.2 Å². The quantitative estimate of drug-likeness (QED) is 0.826. The minimum absolute atomic E-state index is 0.560. The van der Waals surface area contributed by atoms with Gasteiger partial charge < -0.3 is 10.5 Å². The summed E-state index contributed by atoms with van der Waals surface area (Å²) < 4.78 is 7.53. The SMILES string of the molecule is CCOc1c(N)cccc1-c1nnnn1CCC1CCC1. The summed E-state index contributed by atoms with van der Waals surface area (Å²) in [5, 5.41) is 12.1. The Hall–Kier alpha value is -2.11. The van der Waals surface area contributed by atoms with E-state index in [0.717, 1.165) is 30.3 Å². The van der Waals surface area contributed by atoms with Crippen LogP contribution in [0.3, 0.4) is 0 Å². The number of hydrogen-bond acceptors (Lipinski definition) is 5. The van der Waals surface area contributed by atoms with Crippen molar-refractivity contribution in [1.29, 1.82) is 0 Å². The van der Waals surface area contributed by atoms with E-state index in [1.165, 1.54) is 19.3 Å². The lowest BCUT2D eigenvalue weighted by Gasteiger charge is -2.25. The fourth-order valence-corrected chi connectivity index (χ4v) is 2.67. The van der Waals surface area contributed by atoms with Crippen molar-refractivity contribution >= 4 is 5.69 Å². The number of rotatable bonds is 6. The number of nitrogens with two attached hydrogens (primary N) is 1. The second-order valence-electron chi connectivity index (χ2n) is 5.47. The third-order valence-electron chi connectivity index (χ3n) is 4.08. The van der Waals surface area contributed by atoms with Crippen LogP contribution in [-0.4, -0.2) is 26.8 Å². The average molecular weight is 287 g/mol. The highest BCUT2D eigenvalue weighted by molar-refractivity contribution is 5.73. The number of tetrazole rings is 1. The number of aryl methyl sites for hydroxylation is 1. The number of anilines is 1. The zero-order valence-corrected chi connectivity index (χ0v) is 12.3. The van der Waals surface area contributed by atoms with Crippen molar-refractivity contribution in [3.05, 3.63) is 18.2 Å². The van der Waals surface area contributed by atoms with E-state index in [2.05, 4.69) is 15.5 Å². The predicted octanol–water partition coefficient (Wildman–Crippen LogP) is 2.51. The lowest BCUT2D eigenvalue weighted by atomic mass is 9.83. The van der Waals surface area contributed by atoms with Crippen molar-refractivity contribution < 1.29 is 4.74 Å². The summed E-state index contributed by atoms with van der Waals surface area (Å²) in [4.78, 5) is 0. The molecule has 0 radical (unpaired) electrons. The number of nitrogen functional groups attached to an aromatic ring is 1. The molecule has 2 aromatic rings. The highest BCUT2D eigenvalue weighted by atomic mass is 16.5. The zero-order valence-electron chi connectivity index (χ0n) is 12.3. The molecule has 21 heavy (non-hydrogen) atoms. The number of aromatic nitrogens is 4. The molecule has 0 unspecified atom stereocenters. The number of ether oxygens (including phenoxy) is 1. The van der Waals surface area contributed by atoms with E-state index in [9.17, 15) is 0 Å². The molecular formula is C15H21N5O. The Bertz CT molecular complexity index is 606. The Morgan fingerprint density at radius 1 is 1.38 bits per heavy atom. The Balaban J connectivity index is 1.86. The van der Waals surface area contributed by atoms with E-state index >= 15 is 0 Å². The van der Waals surface area contributed by atoms with Crippen molar-refractivity contribution in [2.75, 3.05) is 12.3 Å². The topological polar surface area (TPSA) is 78.8 Å². The zero-order chi connectivity index (χ0) is 14.7. The summed E-state index contributed by atoms with van der Waals surface area (Å²) in [6.07, 6.45) is 5.15. The summed E-state index contributed by atoms with van der Waals surface area (Å²) in [5.74, 6) is 2.22. The molecule has 0 spiro atoms. The molecule has 1 aliphatic carbocycles. The van der Waals surface area contributed by atoms with Crippen LogP contribution < -0.4 is 10.5 Å². The van der Waals surface area contributed by atoms with Gasteiger partial charge >= 0.3 is 0 Å². The average Bonchev–Trinajstić information content (AvgIpc) is 2.88. The van der Waals surface area contributed by atoms with E-state index in [-0.39, 0.29) is 0 Å². The molecule has 6 nitrogen and oxygen atoms in total. The molecule has 1 aromatic heterocycles. The van der Waals surface area contributed by atoms with Crippen LogP contribution in [0, 0.1) is 5.92 Å². The molecule has 112 valence electrons. The fourth-order valence-electron chi connectivity index (χ4n) is 2.67. The molecule has 6 heteroatoms. The van der Waals surface area contributed by atoms with Gasteiger partial charge in [0.05, 0.1) is 17.9 Å². The maximum absolute atomic E-state index is 6.01. The van der Waals surface area contributed by atoms with Crippen molar-refractivity contribution in [3.8, 4) is 17.1 Å². The maximum Gasteiger partial charge on any atom is 0.185 e. The third-order valence-corrected chi connectivity index (χ3v) is 4.08. The molecule has 0 aliphatic heterocycles. The van der Waals surface area contributed by atoms with Gasteiger partial charge in [0.25, 0.3) is 0 Å². The Labute approximate surface area is 124 Å². The van der Waals surface area contributed by atoms with Crippen molar-refractivity contribution in [1.82, 2.24) is 20.2 Å². The first-order valence-electron chi connectivity index (χ1n) is 7.57. The minimum atomic E-state index is 0.560. The molecule has 2 N–H and O–H groups in total. The molecule has 0 saturated heterocycles. The van der Waals surface area contributed by atoms with Crippen LogP contribution >= 0.6 is 0 Å². The summed E-state index contributed by atoms with van der Waals surface area (Å²) in [7, 11) is 0. The largest absolute Gasteiger partial charge is 0.491 e. The number of para-hydroxylation sites is 1. The molecule has 1 heterocycles. The van der Waals surface area contributed by atoms with E-state index in [1.54, 1.807) is 0 Å². The van der Waals surface area contributed by atoms with Crippen LogP contribution in [0.25, 0.3) is 11.4 Å². The number of nitrogens with zero attached hydrogens (tertiary/aromatic N) is 4. The highest BCUT2D eigenvalue weighted by Crippen LogP contribution is 2.34. The third kappa shape index (κ3) is 2.84. The molecular weight excluding hydrogens is 266 g/mol. The molecule has 0 bridgehead atoms. The molecule has 1 fully saturated rings. The number of hydrogen-bond donors (Lipinski definition) is 1. The van der Waals surface area contributed by atoms with Gasteiger partial charge in [0.15, 0.2) is 11.6 Å². The standard InChI is InChI=1S/C15H21N5O/c1-2-21-14-12(7-4-8-13(14)16)15-17-18-19-20(15)10-9-11-5-3-6-11/h4,7-8,11H,2-3,5-6,9-10,16H2,1H3. The molecule has 0 amide bonds. The Morgan fingerprint density at radius 2 is 2.24 bits per heavy atom. The summed E-state index contributed by atoms with van der Waals surface area (Å²) in [5.41, 5.74) is 7.48. The second-order valence-corrected chi connectivity index (χ2v) is 5.47. The summed E-state index contributed by atoms with van der Waals surface area (Å²) in [6.45, 7) is 3.34. The van der Waals surface area contributed by atoms with Crippen molar-refractivity contribution in [3.63, 3.8) is 0 Å². The van der Waals surface area contributed by atoms with E-state index in [1.807, 2.05) is 29.8 Å². The van der Waals surface area contributed by atoms with Gasteiger partial charge in [-0.05, 0) is 41.8 Å². The normalized spacial score (nSPS) is 14.9. The number of benzene rings is 1. The highest BCUT2D eigenvalue weighted by Gasteiger charge is 2.20. The predicted molar refractivity (Wildman–Crippen MR) is 80.8 cm³/mol. The maximum atomic E-state index is 6.01. The van der Waals surface area contributed by atoms with Crippen LogP contribution in [0.1, 0.15) is 32.6 Å². The van der Waals surface area contributed by atoms with Gasteiger partial charge in [0.1, 0.15) is 0 Å². The van der Waals surface area contributed by atoms with E-state index in [4.69, 9.17) is 10.5 Å². The van der Waals surface area contributed by atoms with E-state index in [0.29, 0.717) is 18.0 Å². The smallest absolute Gasteiger partial charge is 0.185 e. The van der Waals surface area contributed by atoms with Crippen LogP contribution in [0.4, 0.5) is 5.69 Å². The Kier molecular flexibility index (Phi) is 4.03. The lowest BCUT2D eigenvalue weighted by Crippen LogP contribution is -2.15. The first-order valence-corrected chi connectivity index (χ1v) is 7.57. The van der Waals surface area contributed by atoms with Gasteiger partial charge in [-0.2, -0.15) is 0 Å². The van der Waals surface area contributed by atoms with Crippen LogP contribution in [0.5, 0.6) is 5.75 Å². The first kappa shape index (κ1) is 13.9. The molecule has 1 saturated carbocycles. The summed E-state index contributed by atoms with van der Waals surface area (Å²) in [6, 6.07) is 5.68. The van der Waals surface area contributed by atoms with Crippen molar-refractivity contribution in [2.24, 2.45) is 5.92 Å². The first-order chi connectivity index (χ1) is 10.3. The van der Waals surface area contributed by atoms with Crippen LogP contribution in [0.2, 0.25) is 0 Å². The summed E-state index contributed by atoms with van der Waals surface area (Å²) >= 11 is 0. The monoisotopic (exact) mass is 287 g/mol. The van der Waals surface area contributed by atoms with Gasteiger partial charge in [-0.15, -0.1) is 5.10 Å². The fraction of sp³-hybridized carbons (Fsp3) is 0.533. The van der Waals surface area contributed by atoms with Gasteiger partial charge in [-0.3, -0.25) is 0 Å². The van der Waals surface area contributed by atoms with Gasteiger partial charge in [0, 0.05) is 6.54 Å². The van der Waals surface area contributed by atoms with Gasteiger partial charge in [-0.1, -0.05) is 25.3 Å². The van der Waals surface area contributed by atoms with Crippen LogP contribution in [-0.2, 0) is 6.54 Å². The Morgan fingerprint density at radius 3 is 2.95 bits per heavy atom. The molecule has 3 rings (SSSR count). The minimum Gasteiger partial charge on any atom is -0.491 e. The molecule has 0 atom stereocenters. The molecule has 1 aliphatic rings. The van der Waals surface area contributed by atoms with E-state index < -0.39 is 0 Å². The van der Waals surface area contributed by atoms with Crippen molar-refractivity contribution in [2.45, 2.75) is 39.2 Å². The second kappa shape index (κ2) is 6.11.